The Morgan fingerprint density at radius 3 is 2.41 bits per heavy atom. The molecule has 0 saturated carbocycles. The van der Waals surface area contributed by atoms with Crippen molar-refractivity contribution >= 4 is 39.0 Å². The SMILES string of the molecule is C=C(CC/C=C\C)c1nc(-c2ccccc2)nc(N2c3c(ccc4c5ccccc5n(-c5ccccc5)c34)C3C=CC=CC32C)n1. The van der Waals surface area contributed by atoms with Crippen LogP contribution >= 0.6 is 0 Å². The van der Waals surface area contributed by atoms with Crippen LogP contribution in [-0.4, -0.2) is 25.1 Å². The molecule has 0 amide bonds. The predicted octanol–water partition coefficient (Wildman–Crippen LogP) is 10.1. The van der Waals surface area contributed by atoms with Gasteiger partial charge in [-0.1, -0.05) is 122 Å². The Labute approximate surface area is 269 Å². The largest absolute Gasteiger partial charge is 0.307 e. The molecule has 2 atom stereocenters. The summed E-state index contributed by atoms with van der Waals surface area (Å²) in [4.78, 5) is 17.8. The van der Waals surface area contributed by atoms with Crippen molar-refractivity contribution in [2.45, 2.75) is 38.1 Å². The van der Waals surface area contributed by atoms with Crippen LogP contribution in [0.5, 0.6) is 0 Å². The van der Waals surface area contributed by atoms with E-state index in [0.717, 1.165) is 40.9 Å². The summed E-state index contributed by atoms with van der Waals surface area (Å²) in [6.45, 7) is 8.78. The van der Waals surface area contributed by atoms with Crippen LogP contribution in [0.4, 0.5) is 11.6 Å². The summed E-state index contributed by atoms with van der Waals surface area (Å²) in [5, 5.41) is 2.42. The topological polar surface area (TPSA) is 46.8 Å². The number of hydrogen-bond donors (Lipinski definition) is 0. The van der Waals surface area contributed by atoms with Crippen LogP contribution in [0.25, 0.3) is 44.5 Å². The summed E-state index contributed by atoms with van der Waals surface area (Å²) in [7, 11) is 0. The molecule has 0 spiro atoms. The summed E-state index contributed by atoms with van der Waals surface area (Å²) in [5.74, 6) is 2.01. The molecule has 0 N–H and O–H groups in total. The normalized spacial score (nSPS) is 18.5. The Morgan fingerprint density at radius 2 is 1.61 bits per heavy atom. The molecule has 2 aromatic heterocycles. The van der Waals surface area contributed by atoms with Crippen LogP contribution in [-0.2, 0) is 0 Å². The third-order valence-corrected chi connectivity index (χ3v) is 9.39. The third-order valence-electron chi connectivity index (χ3n) is 9.39. The van der Waals surface area contributed by atoms with E-state index in [1.807, 2.05) is 25.1 Å². The number of benzene rings is 4. The van der Waals surface area contributed by atoms with Gasteiger partial charge in [-0.15, -0.1) is 0 Å². The number of anilines is 2. The second kappa shape index (κ2) is 11.1. The summed E-state index contributed by atoms with van der Waals surface area (Å²) in [5.41, 5.74) is 7.22. The van der Waals surface area contributed by atoms with E-state index in [-0.39, 0.29) is 5.92 Å². The van der Waals surface area contributed by atoms with Gasteiger partial charge in [0.1, 0.15) is 0 Å². The smallest absolute Gasteiger partial charge is 0.234 e. The van der Waals surface area contributed by atoms with Crippen LogP contribution in [0, 0.1) is 0 Å². The van der Waals surface area contributed by atoms with Gasteiger partial charge < -0.3 is 4.57 Å². The van der Waals surface area contributed by atoms with Crippen LogP contribution < -0.4 is 4.90 Å². The van der Waals surface area contributed by atoms with Gasteiger partial charge in [-0.2, -0.15) is 9.97 Å². The molecule has 0 radical (unpaired) electrons. The average molecular weight is 598 g/mol. The van der Waals surface area contributed by atoms with Gasteiger partial charge in [-0.05, 0) is 56.0 Å². The molecule has 0 fully saturated rings. The fourth-order valence-corrected chi connectivity index (χ4v) is 7.17. The van der Waals surface area contributed by atoms with Gasteiger partial charge in [-0.3, -0.25) is 4.90 Å². The Hall–Kier alpha value is -5.55. The highest BCUT2D eigenvalue weighted by Gasteiger charge is 2.50. The molecule has 2 unspecified atom stereocenters. The van der Waals surface area contributed by atoms with Crippen molar-refractivity contribution < 1.29 is 0 Å². The molecule has 5 nitrogen and oxygen atoms in total. The second-order valence-corrected chi connectivity index (χ2v) is 12.2. The van der Waals surface area contributed by atoms with Crippen molar-refractivity contribution in [3.05, 3.63) is 151 Å². The standard InChI is InChI=1S/C41H35N5/c1-4-5-8-17-28(2)38-42-39(29-18-9-6-10-19-29)44-40(43-38)46-37-33(34-23-15-16-27-41(34,46)3)26-25-32-31-22-13-14-24-35(31)45(36(32)37)30-20-11-7-12-21-30/h4-7,9-16,18-27,34H,2,8,17H2,1,3H3/b5-4-. The number of rotatable bonds is 7. The first-order valence-corrected chi connectivity index (χ1v) is 16.0. The van der Waals surface area contributed by atoms with Gasteiger partial charge in [0.15, 0.2) is 11.6 Å². The van der Waals surface area contributed by atoms with Gasteiger partial charge in [0.2, 0.25) is 5.95 Å². The van der Waals surface area contributed by atoms with Crippen molar-refractivity contribution in [3.63, 3.8) is 0 Å². The van der Waals surface area contributed by atoms with Crippen LogP contribution in [0.1, 0.15) is 44.0 Å². The molecule has 46 heavy (non-hydrogen) atoms. The van der Waals surface area contributed by atoms with Gasteiger partial charge in [0.25, 0.3) is 0 Å². The summed E-state index contributed by atoms with van der Waals surface area (Å²) >= 11 is 0. The number of para-hydroxylation sites is 2. The molecule has 0 bridgehead atoms. The Morgan fingerprint density at radius 1 is 0.848 bits per heavy atom. The Bertz CT molecular complexity index is 2210. The van der Waals surface area contributed by atoms with E-state index in [1.54, 1.807) is 0 Å². The zero-order valence-corrected chi connectivity index (χ0v) is 26.1. The minimum atomic E-state index is -0.442. The third kappa shape index (κ3) is 4.34. The first-order valence-electron chi connectivity index (χ1n) is 16.0. The lowest BCUT2D eigenvalue weighted by Gasteiger charge is -2.38. The molecule has 0 saturated heterocycles. The first kappa shape index (κ1) is 28.0. The molecule has 6 aromatic rings. The first-order chi connectivity index (χ1) is 22.6. The second-order valence-electron chi connectivity index (χ2n) is 12.2. The van der Waals surface area contributed by atoms with Gasteiger partial charge in [0, 0.05) is 27.9 Å². The molecular formula is C41H35N5. The van der Waals surface area contributed by atoms with E-state index in [0.29, 0.717) is 17.6 Å². The van der Waals surface area contributed by atoms with E-state index in [2.05, 4.69) is 138 Å². The molecule has 1 aliphatic carbocycles. The van der Waals surface area contributed by atoms with E-state index in [9.17, 15) is 0 Å². The summed E-state index contributed by atoms with van der Waals surface area (Å²) in [6, 6.07) is 34.1. The lowest BCUT2D eigenvalue weighted by molar-refractivity contribution is 0.534. The zero-order valence-electron chi connectivity index (χ0n) is 26.1. The van der Waals surface area contributed by atoms with Crippen molar-refractivity contribution in [1.29, 1.82) is 0 Å². The van der Waals surface area contributed by atoms with Crippen molar-refractivity contribution in [3.8, 4) is 17.1 Å². The van der Waals surface area contributed by atoms with Gasteiger partial charge in [0.05, 0.1) is 22.3 Å². The molecule has 1 aliphatic heterocycles. The maximum Gasteiger partial charge on any atom is 0.234 e. The maximum absolute atomic E-state index is 5.24. The zero-order chi connectivity index (χ0) is 31.3. The highest BCUT2D eigenvalue weighted by Crippen LogP contribution is 2.56. The lowest BCUT2D eigenvalue weighted by Crippen LogP contribution is -2.43. The Balaban J connectivity index is 1.45. The van der Waals surface area contributed by atoms with Crippen molar-refractivity contribution in [1.82, 2.24) is 19.5 Å². The molecule has 224 valence electrons. The molecule has 3 heterocycles. The molecule has 2 aliphatic rings. The maximum atomic E-state index is 5.24. The molecule has 8 rings (SSSR count). The number of fused-ring (bicyclic) bond motifs is 7. The molecule has 5 heteroatoms. The van der Waals surface area contributed by atoms with E-state index in [4.69, 9.17) is 15.0 Å². The highest BCUT2D eigenvalue weighted by atomic mass is 15.3. The number of hydrogen-bond acceptors (Lipinski definition) is 4. The molecule has 4 aromatic carbocycles. The minimum absolute atomic E-state index is 0.109. The predicted molar refractivity (Wildman–Crippen MR) is 191 cm³/mol. The van der Waals surface area contributed by atoms with Crippen molar-refractivity contribution in [2.24, 2.45) is 0 Å². The van der Waals surface area contributed by atoms with Crippen LogP contribution in [0.3, 0.4) is 0 Å². The Kier molecular flexibility index (Phi) is 6.75. The van der Waals surface area contributed by atoms with Crippen LogP contribution in [0.2, 0.25) is 0 Å². The van der Waals surface area contributed by atoms with Crippen molar-refractivity contribution in [2.75, 3.05) is 4.90 Å². The van der Waals surface area contributed by atoms with E-state index >= 15 is 0 Å². The van der Waals surface area contributed by atoms with Gasteiger partial charge >= 0.3 is 0 Å². The fourth-order valence-electron chi connectivity index (χ4n) is 7.17. The number of nitrogens with zero attached hydrogens (tertiary/aromatic N) is 5. The minimum Gasteiger partial charge on any atom is -0.307 e. The number of aromatic nitrogens is 4. The average Bonchev–Trinajstić information content (AvgIpc) is 3.58. The van der Waals surface area contributed by atoms with E-state index < -0.39 is 5.54 Å². The quantitative estimate of drug-likeness (QED) is 0.172. The monoisotopic (exact) mass is 597 g/mol. The lowest BCUT2D eigenvalue weighted by atomic mass is 9.80. The molecular weight excluding hydrogens is 562 g/mol. The highest BCUT2D eigenvalue weighted by molar-refractivity contribution is 6.15. The van der Waals surface area contributed by atoms with E-state index in [1.165, 1.54) is 21.9 Å². The summed E-state index contributed by atoms with van der Waals surface area (Å²) < 4.78 is 2.40. The summed E-state index contributed by atoms with van der Waals surface area (Å²) in [6.07, 6.45) is 14.8. The van der Waals surface area contributed by atoms with Crippen LogP contribution in [0.15, 0.2) is 140 Å². The van der Waals surface area contributed by atoms with Gasteiger partial charge in [-0.25, -0.2) is 4.98 Å². The number of allylic oxidation sites excluding steroid dienone is 5. The fraction of sp³-hybridized carbons (Fsp3) is 0.146.